The van der Waals surface area contributed by atoms with Crippen molar-refractivity contribution in [3.05, 3.63) is 58.6 Å². The minimum Gasteiger partial charge on any atom is -0.350 e. The van der Waals surface area contributed by atoms with E-state index in [0.717, 1.165) is 35.1 Å². The van der Waals surface area contributed by atoms with E-state index in [9.17, 15) is 4.79 Å². The molecule has 1 N–H and O–H groups in total. The average molecular weight is 354 g/mol. The van der Waals surface area contributed by atoms with Crippen LogP contribution in [0.3, 0.4) is 0 Å². The van der Waals surface area contributed by atoms with Crippen molar-refractivity contribution in [2.24, 2.45) is 0 Å². The Kier molecular flexibility index (Phi) is 5.28. The maximum Gasteiger partial charge on any atom is 0.251 e. The number of carbonyl (C=O) groups is 1. The molecule has 0 unspecified atom stereocenters. The van der Waals surface area contributed by atoms with Crippen LogP contribution >= 0.6 is 11.3 Å². The summed E-state index contributed by atoms with van der Waals surface area (Å²) in [6.45, 7) is 7.44. The van der Waals surface area contributed by atoms with Crippen molar-refractivity contribution in [2.45, 2.75) is 33.7 Å². The van der Waals surface area contributed by atoms with Gasteiger partial charge in [0, 0.05) is 47.9 Å². The van der Waals surface area contributed by atoms with Gasteiger partial charge in [0.05, 0.1) is 5.69 Å². The van der Waals surface area contributed by atoms with E-state index < -0.39 is 0 Å². The Morgan fingerprint density at radius 3 is 2.88 bits per heavy atom. The van der Waals surface area contributed by atoms with Gasteiger partial charge in [0.25, 0.3) is 5.91 Å². The predicted molar refractivity (Wildman–Crippen MR) is 101 cm³/mol. The smallest absolute Gasteiger partial charge is 0.251 e. The molecule has 6 heteroatoms. The second kappa shape index (κ2) is 7.61. The molecule has 0 aliphatic heterocycles. The Morgan fingerprint density at radius 2 is 2.16 bits per heavy atom. The summed E-state index contributed by atoms with van der Waals surface area (Å²) < 4.78 is 2.07. The second-order valence-corrected chi connectivity index (χ2v) is 7.09. The van der Waals surface area contributed by atoms with E-state index in [1.54, 1.807) is 17.5 Å². The quantitative estimate of drug-likeness (QED) is 0.735. The summed E-state index contributed by atoms with van der Waals surface area (Å²) in [6, 6.07) is 7.64. The third-order valence-electron chi connectivity index (χ3n) is 4.16. The summed E-state index contributed by atoms with van der Waals surface area (Å²) in [6.07, 6.45) is 4.62. The minimum absolute atomic E-state index is 0.0648. The molecule has 0 atom stereocenters. The summed E-state index contributed by atoms with van der Waals surface area (Å²) in [7, 11) is 0. The van der Waals surface area contributed by atoms with Crippen LogP contribution in [0, 0.1) is 13.8 Å². The molecule has 0 aliphatic carbocycles. The van der Waals surface area contributed by atoms with Gasteiger partial charge in [-0.05, 0) is 26.0 Å². The Bertz CT molecular complexity index is 862. The topological polar surface area (TPSA) is 59.8 Å². The van der Waals surface area contributed by atoms with Gasteiger partial charge >= 0.3 is 0 Å². The molecule has 2 heterocycles. The summed E-state index contributed by atoms with van der Waals surface area (Å²) in [4.78, 5) is 22.5. The molecule has 0 saturated carbocycles. The summed E-state index contributed by atoms with van der Waals surface area (Å²) in [5.74, 6) is 0.968. The first kappa shape index (κ1) is 17.4. The lowest BCUT2D eigenvalue weighted by Crippen LogP contribution is -2.27. The monoisotopic (exact) mass is 354 g/mol. The highest BCUT2D eigenvalue weighted by Crippen LogP contribution is 2.27. The van der Waals surface area contributed by atoms with Crippen molar-refractivity contribution >= 4 is 17.2 Å². The first-order valence-corrected chi connectivity index (χ1v) is 9.22. The van der Waals surface area contributed by atoms with Crippen LogP contribution in [0.4, 0.5) is 0 Å². The zero-order valence-electron chi connectivity index (χ0n) is 14.7. The molecule has 0 radical (unpaired) electrons. The Hall–Kier alpha value is -2.47. The van der Waals surface area contributed by atoms with E-state index in [-0.39, 0.29) is 5.91 Å². The van der Waals surface area contributed by atoms with Gasteiger partial charge in [-0.3, -0.25) is 4.79 Å². The van der Waals surface area contributed by atoms with Crippen molar-refractivity contribution in [3.63, 3.8) is 0 Å². The number of rotatable bonds is 6. The zero-order valence-corrected chi connectivity index (χ0v) is 15.6. The molecular weight excluding hydrogens is 332 g/mol. The van der Waals surface area contributed by atoms with Crippen LogP contribution in [0.15, 0.2) is 36.7 Å². The summed E-state index contributed by atoms with van der Waals surface area (Å²) in [5.41, 5.74) is 2.68. The fourth-order valence-corrected chi connectivity index (χ4v) is 3.55. The third-order valence-corrected chi connectivity index (χ3v) is 5.28. The van der Waals surface area contributed by atoms with Gasteiger partial charge < -0.3 is 9.88 Å². The van der Waals surface area contributed by atoms with Crippen LogP contribution in [-0.2, 0) is 13.0 Å². The lowest BCUT2D eigenvalue weighted by molar-refractivity contribution is 0.0952. The standard InChI is InChI=1S/C19H22N4OS/c1-4-17-20-8-10-23(17)11-9-21-18(24)15-6-5-7-16(12-15)19-22-13(2)14(3)25-19/h5-8,10,12H,4,9,11H2,1-3H3,(H,21,24). The summed E-state index contributed by atoms with van der Waals surface area (Å²) in [5, 5.41) is 3.93. The van der Waals surface area contributed by atoms with E-state index in [1.165, 1.54) is 4.88 Å². The van der Waals surface area contributed by atoms with Gasteiger partial charge in [0.2, 0.25) is 0 Å². The first-order valence-electron chi connectivity index (χ1n) is 8.41. The van der Waals surface area contributed by atoms with Crippen molar-refractivity contribution in [2.75, 3.05) is 6.54 Å². The lowest BCUT2D eigenvalue weighted by atomic mass is 10.1. The molecule has 25 heavy (non-hydrogen) atoms. The highest BCUT2D eigenvalue weighted by molar-refractivity contribution is 7.15. The number of carbonyl (C=O) groups excluding carboxylic acids is 1. The van der Waals surface area contributed by atoms with Crippen LogP contribution < -0.4 is 5.32 Å². The molecule has 5 nitrogen and oxygen atoms in total. The number of aromatic nitrogens is 3. The van der Waals surface area contributed by atoms with Gasteiger partial charge in [0.15, 0.2) is 0 Å². The van der Waals surface area contributed by atoms with Gasteiger partial charge in [-0.25, -0.2) is 9.97 Å². The van der Waals surface area contributed by atoms with E-state index in [2.05, 4.69) is 33.7 Å². The van der Waals surface area contributed by atoms with Gasteiger partial charge in [-0.2, -0.15) is 0 Å². The number of aryl methyl sites for hydroxylation is 3. The molecular formula is C19H22N4OS. The number of amides is 1. The van der Waals surface area contributed by atoms with E-state index in [4.69, 9.17) is 0 Å². The Balaban J connectivity index is 1.65. The van der Waals surface area contributed by atoms with Crippen molar-refractivity contribution in [1.29, 1.82) is 0 Å². The maximum absolute atomic E-state index is 12.4. The molecule has 1 amide bonds. The predicted octanol–water partition coefficient (Wildman–Crippen LogP) is 3.62. The number of nitrogens with one attached hydrogen (secondary N) is 1. The number of thiazole rings is 1. The van der Waals surface area contributed by atoms with Crippen LogP contribution in [0.2, 0.25) is 0 Å². The zero-order chi connectivity index (χ0) is 17.8. The van der Waals surface area contributed by atoms with Crippen molar-refractivity contribution in [1.82, 2.24) is 19.9 Å². The third kappa shape index (κ3) is 3.96. The molecule has 0 aliphatic rings. The van der Waals surface area contributed by atoms with E-state index >= 15 is 0 Å². The van der Waals surface area contributed by atoms with Gasteiger partial charge in [0.1, 0.15) is 10.8 Å². The Morgan fingerprint density at radius 1 is 1.32 bits per heavy atom. The van der Waals surface area contributed by atoms with E-state index in [0.29, 0.717) is 12.1 Å². The van der Waals surface area contributed by atoms with Crippen LogP contribution in [0.5, 0.6) is 0 Å². The van der Waals surface area contributed by atoms with Crippen LogP contribution in [0.25, 0.3) is 10.6 Å². The lowest BCUT2D eigenvalue weighted by Gasteiger charge is -2.09. The molecule has 2 aromatic heterocycles. The number of nitrogens with zero attached hydrogens (tertiary/aromatic N) is 3. The first-order chi connectivity index (χ1) is 12.1. The molecule has 1 aromatic carbocycles. The molecule has 3 aromatic rings. The van der Waals surface area contributed by atoms with Crippen molar-refractivity contribution in [3.8, 4) is 10.6 Å². The minimum atomic E-state index is -0.0648. The highest BCUT2D eigenvalue weighted by Gasteiger charge is 2.10. The fourth-order valence-electron chi connectivity index (χ4n) is 2.64. The van der Waals surface area contributed by atoms with E-state index in [1.807, 2.05) is 37.4 Å². The van der Waals surface area contributed by atoms with Crippen LogP contribution in [0.1, 0.15) is 33.7 Å². The van der Waals surface area contributed by atoms with Crippen LogP contribution in [-0.4, -0.2) is 27.0 Å². The Labute approximate surface area is 151 Å². The molecule has 3 rings (SSSR count). The number of benzene rings is 1. The fraction of sp³-hybridized carbons (Fsp3) is 0.316. The van der Waals surface area contributed by atoms with Gasteiger partial charge in [-0.1, -0.05) is 19.1 Å². The average Bonchev–Trinajstić information content (AvgIpc) is 3.21. The maximum atomic E-state index is 12.4. The molecule has 0 bridgehead atoms. The number of hydrogen-bond donors (Lipinski definition) is 1. The number of imidazole rings is 1. The largest absolute Gasteiger partial charge is 0.350 e. The highest BCUT2D eigenvalue weighted by atomic mass is 32.1. The molecule has 0 fully saturated rings. The normalized spacial score (nSPS) is 10.8. The molecule has 0 saturated heterocycles. The molecule has 130 valence electrons. The van der Waals surface area contributed by atoms with Crippen molar-refractivity contribution < 1.29 is 4.79 Å². The number of hydrogen-bond acceptors (Lipinski definition) is 4. The summed E-state index contributed by atoms with van der Waals surface area (Å²) >= 11 is 1.65. The molecule has 0 spiro atoms. The SMILES string of the molecule is CCc1nccn1CCNC(=O)c1cccc(-c2nc(C)c(C)s2)c1. The second-order valence-electron chi connectivity index (χ2n) is 5.89. The van der Waals surface area contributed by atoms with Gasteiger partial charge in [-0.15, -0.1) is 11.3 Å².